The third kappa shape index (κ3) is 8.89. The van der Waals surface area contributed by atoms with E-state index < -0.39 is 23.9 Å². The number of allylic oxidation sites excluding steroid dienone is 2. The second-order valence-electron chi connectivity index (χ2n) is 7.86. The van der Waals surface area contributed by atoms with Crippen molar-refractivity contribution in [3.63, 3.8) is 0 Å². The van der Waals surface area contributed by atoms with Crippen LogP contribution in [-0.4, -0.2) is 52.3 Å². The number of thioether (sulfide) groups is 4. The summed E-state index contributed by atoms with van der Waals surface area (Å²) in [6.45, 7) is 3.92. The number of hydrogen-bond donors (Lipinski definition) is 0. The first-order valence-electron chi connectivity index (χ1n) is 11.6. The van der Waals surface area contributed by atoms with E-state index in [-0.39, 0.29) is 36.7 Å². The van der Waals surface area contributed by atoms with Crippen molar-refractivity contribution in [2.75, 3.05) is 28.4 Å². The molecular weight excluding hydrogens is 648 g/mol. The molecule has 4 aliphatic rings. The smallest absolute Gasteiger partial charge is 0.465 e. The zero-order chi connectivity index (χ0) is 29.4. The first kappa shape index (κ1) is 36.0. The van der Waals surface area contributed by atoms with Crippen LogP contribution in [0.15, 0.2) is 39.2 Å². The van der Waals surface area contributed by atoms with E-state index in [4.69, 9.17) is 18.9 Å². The molecule has 0 aromatic carbocycles. The number of carbonyl (C=O) groups excluding carboxylic acids is 4. The standard InChI is InChI=1S/2C14H13O4S2.Fe/c2*1-8(9-6-4-5-7-9)14-19-10(12(15)17-2)11(20-14)13(16)18-3;/h2*4-7H,1-3H3;/q;;+2. The van der Waals surface area contributed by atoms with Gasteiger partial charge in [0.2, 0.25) is 0 Å². The van der Waals surface area contributed by atoms with Crippen molar-refractivity contribution in [1.29, 1.82) is 0 Å². The second kappa shape index (κ2) is 17.2. The minimum absolute atomic E-state index is 0. The van der Waals surface area contributed by atoms with Gasteiger partial charge in [0.15, 0.2) is 0 Å². The predicted octanol–water partition coefficient (Wildman–Crippen LogP) is 5.32. The largest absolute Gasteiger partial charge is 2.00 e. The molecule has 8 nitrogen and oxygen atoms in total. The normalized spacial score (nSPS) is 19.0. The van der Waals surface area contributed by atoms with Crippen molar-refractivity contribution in [3.05, 3.63) is 102 Å². The van der Waals surface area contributed by atoms with Gasteiger partial charge in [-0.05, 0) is 76.4 Å². The second-order valence-corrected chi connectivity index (χ2v) is 12.5. The third-order valence-electron chi connectivity index (χ3n) is 5.48. The van der Waals surface area contributed by atoms with E-state index in [1.54, 1.807) is 0 Å². The first-order chi connectivity index (χ1) is 19.2. The minimum Gasteiger partial charge on any atom is -0.465 e. The Morgan fingerprint density at radius 1 is 0.488 bits per heavy atom. The van der Waals surface area contributed by atoms with Gasteiger partial charge >= 0.3 is 40.9 Å². The Kier molecular flexibility index (Phi) is 15.0. The Morgan fingerprint density at radius 2 is 0.707 bits per heavy atom. The molecule has 0 saturated heterocycles. The summed E-state index contributed by atoms with van der Waals surface area (Å²) in [5.41, 5.74) is 2.04. The fourth-order valence-corrected chi connectivity index (χ4v) is 8.33. The fraction of sp³-hybridized carbons (Fsp3) is 0.214. The van der Waals surface area contributed by atoms with E-state index in [1.165, 1.54) is 75.5 Å². The van der Waals surface area contributed by atoms with E-state index in [2.05, 4.69) is 0 Å². The Balaban J connectivity index is 0.000000280. The van der Waals surface area contributed by atoms with Crippen LogP contribution >= 0.6 is 47.0 Å². The summed E-state index contributed by atoms with van der Waals surface area (Å²) >= 11 is 4.99. The molecule has 0 bridgehead atoms. The van der Waals surface area contributed by atoms with Gasteiger partial charge in [-0.1, -0.05) is 47.0 Å². The fourth-order valence-electron chi connectivity index (χ4n) is 3.30. The van der Waals surface area contributed by atoms with Gasteiger partial charge < -0.3 is 18.9 Å². The molecule has 0 aromatic rings. The van der Waals surface area contributed by atoms with Crippen LogP contribution in [0.5, 0.6) is 0 Å². The summed E-state index contributed by atoms with van der Waals surface area (Å²) in [7, 11) is 5.17. The molecule has 10 radical (unpaired) electrons. The van der Waals surface area contributed by atoms with Crippen LogP contribution in [0.1, 0.15) is 13.8 Å². The Morgan fingerprint density at radius 3 is 0.902 bits per heavy atom. The molecule has 0 amide bonds. The number of methoxy groups -OCH3 is 4. The Labute approximate surface area is 269 Å². The van der Waals surface area contributed by atoms with Crippen molar-refractivity contribution in [3.8, 4) is 0 Å². The van der Waals surface area contributed by atoms with Gasteiger partial charge in [0.05, 0.1) is 28.4 Å². The van der Waals surface area contributed by atoms with Gasteiger partial charge in [0.1, 0.15) is 19.6 Å². The number of esters is 4. The van der Waals surface area contributed by atoms with Gasteiger partial charge in [0.25, 0.3) is 0 Å². The molecule has 2 saturated carbocycles. The number of carbonyl (C=O) groups is 4. The SMILES string of the molecule is COC(=O)C1=C(C(=O)OC)SC(=C(C)[C]2[CH][CH][CH][CH]2)S1.COC(=O)C1=C(C(=O)OC)SC(=C(C)[C]2[CH][CH][CH][CH]2)S1.[Fe+2]. The Bertz CT molecular complexity index is 1010. The molecule has 41 heavy (non-hydrogen) atoms. The van der Waals surface area contributed by atoms with Crippen molar-refractivity contribution >= 4 is 70.9 Å². The topological polar surface area (TPSA) is 105 Å². The first-order valence-corrected chi connectivity index (χ1v) is 14.8. The van der Waals surface area contributed by atoms with Crippen LogP contribution < -0.4 is 0 Å². The molecule has 0 unspecified atom stereocenters. The van der Waals surface area contributed by atoms with E-state index >= 15 is 0 Å². The summed E-state index contributed by atoms with van der Waals surface area (Å²) in [6.07, 6.45) is 15.7. The van der Waals surface area contributed by atoms with E-state index in [0.717, 1.165) is 31.5 Å². The van der Waals surface area contributed by atoms with Gasteiger partial charge in [-0.2, -0.15) is 0 Å². The van der Waals surface area contributed by atoms with Gasteiger partial charge in [0, 0.05) is 20.3 Å². The maximum absolute atomic E-state index is 11.8. The van der Waals surface area contributed by atoms with Crippen LogP contribution in [0.25, 0.3) is 0 Å². The predicted molar refractivity (Wildman–Crippen MR) is 159 cm³/mol. The maximum atomic E-state index is 11.8. The Hall–Kier alpha value is -1.24. The van der Waals surface area contributed by atoms with E-state index in [9.17, 15) is 19.2 Å². The average molecular weight is 675 g/mol. The van der Waals surface area contributed by atoms with Crippen LogP contribution in [0.4, 0.5) is 0 Å². The molecule has 0 N–H and O–H groups in total. The van der Waals surface area contributed by atoms with Gasteiger partial charge in [-0.3, -0.25) is 0 Å². The van der Waals surface area contributed by atoms with Gasteiger partial charge in [-0.25, -0.2) is 19.2 Å². The van der Waals surface area contributed by atoms with Crippen molar-refractivity contribution < 1.29 is 55.2 Å². The monoisotopic (exact) mass is 674 g/mol. The maximum Gasteiger partial charge on any atom is 2.00 e. The summed E-state index contributed by atoms with van der Waals surface area (Å²) in [5.74, 6) is 0.0495. The van der Waals surface area contributed by atoms with Gasteiger partial charge in [-0.15, -0.1) is 0 Å². The molecule has 2 fully saturated rings. The molecule has 2 aliphatic heterocycles. The summed E-state index contributed by atoms with van der Waals surface area (Å²) in [4.78, 5) is 48.2. The zero-order valence-electron chi connectivity index (χ0n) is 22.9. The average Bonchev–Trinajstić information content (AvgIpc) is 3.80. The quantitative estimate of drug-likeness (QED) is 0.207. The molecule has 0 spiro atoms. The molecule has 2 aliphatic carbocycles. The summed E-state index contributed by atoms with van der Waals surface area (Å²) in [5, 5.41) is 0. The number of hydrogen-bond acceptors (Lipinski definition) is 12. The van der Waals surface area contributed by atoms with Crippen molar-refractivity contribution in [2.24, 2.45) is 0 Å². The molecule has 0 atom stereocenters. The minimum atomic E-state index is -0.520. The summed E-state index contributed by atoms with van der Waals surface area (Å²) < 4.78 is 20.6. The van der Waals surface area contributed by atoms with E-state index in [0.29, 0.717) is 0 Å². The molecular formula is C28H26FeO8S4+2. The molecule has 216 valence electrons. The number of rotatable bonds is 6. The molecule has 2 heterocycles. The van der Waals surface area contributed by atoms with Crippen LogP contribution in [-0.2, 0) is 55.2 Å². The van der Waals surface area contributed by atoms with Crippen molar-refractivity contribution in [2.45, 2.75) is 13.8 Å². The van der Waals surface area contributed by atoms with Crippen LogP contribution in [0.2, 0.25) is 0 Å². The zero-order valence-corrected chi connectivity index (χ0v) is 27.2. The molecule has 13 heteroatoms. The van der Waals surface area contributed by atoms with Crippen molar-refractivity contribution in [1.82, 2.24) is 0 Å². The van der Waals surface area contributed by atoms with Crippen LogP contribution in [0.3, 0.4) is 0 Å². The molecule has 4 rings (SSSR count). The third-order valence-corrected chi connectivity index (χ3v) is 11.0. The summed E-state index contributed by atoms with van der Waals surface area (Å²) in [6, 6.07) is 0. The number of ether oxygens (including phenoxy) is 4. The molecule has 0 aromatic heterocycles. The van der Waals surface area contributed by atoms with Crippen LogP contribution in [0, 0.1) is 63.2 Å². The van der Waals surface area contributed by atoms with E-state index in [1.807, 2.05) is 65.2 Å².